The van der Waals surface area contributed by atoms with Gasteiger partial charge in [0.2, 0.25) is 0 Å². The Kier molecular flexibility index (Phi) is 3.85. The van der Waals surface area contributed by atoms with Crippen LogP contribution in [0.25, 0.3) is 0 Å². The van der Waals surface area contributed by atoms with Crippen molar-refractivity contribution < 1.29 is 4.79 Å². The van der Waals surface area contributed by atoms with Crippen LogP contribution in [-0.4, -0.2) is 30.8 Å². The van der Waals surface area contributed by atoms with Gasteiger partial charge in [-0.1, -0.05) is 30.7 Å². The van der Waals surface area contributed by atoms with Gasteiger partial charge in [-0.15, -0.1) is 0 Å². The lowest BCUT2D eigenvalue weighted by Gasteiger charge is -2.15. The lowest BCUT2D eigenvalue weighted by molar-refractivity contribution is 0.0943. The Morgan fingerprint density at radius 2 is 2.12 bits per heavy atom. The number of hydrogen-bond donors (Lipinski definition) is 0. The van der Waals surface area contributed by atoms with E-state index in [9.17, 15) is 4.79 Å². The van der Waals surface area contributed by atoms with Gasteiger partial charge in [0.15, 0.2) is 5.78 Å². The molecule has 0 heterocycles. The van der Waals surface area contributed by atoms with Gasteiger partial charge in [-0.25, -0.2) is 0 Å². The van der Waals surface area contributed by atoms with Crippen molar-refractivity contribution in [1.29, 1.82) is 0 Å². The Balaban J connectivity index is 1.90. The molecule has 1 aliphatic rings. The number of carbonyl (C=O) groups is 1. The van der Waals surface area contributed by atoms with Crippen LogP contribution in [0.1, 0.15) is 23.7 Å². The van der Waals surface area contributed by atoms with Crippen LogP contribution in [0.5, 0.6) is 0 Å². The van der Waals surface area contributed by atoms with Gasteiger partial charge in [-0.3, -0.25) is 9.69 Å². The summed E-state index contributed by atoms with van der Waals surface area (Å²) >= 11 is 6.00. The first-order valence-corrected chi connectivity index (χ1v) is 6.42. The number of carbonyl (C=O) groups excluding carboxylic acids is 1. The molecule has 1 aromatic rings. The molecule has 0 radical (unpaired) electrons. The number of Topliss-reactive ketones (excluding diaryl/α,β-unsaturated/α-hetero) is 1. The summed E-state index contributed by atoms with van der Waals surface area (Å²) in [7, 11) is 2.00. The topological polar surface area (TPSA) is 20.3 Å². The fraction of sp³-hybridized carbons (Fsp3) is 0.500. The molecule has 0 aromatic heterocycles. The number of nitrogens with zero attached hydrogens (tertiary/aromatic N) is 1. The molecular formula is C14H18ClNO. The zero-order chi connectivity index (χ0) is 12.4. The first-order chi connectivity index (χ1) is 8.08. The predicted octanol–water partition coefficient (Wildman–Crippen LogP) is 3.11. The molecule has 3 heteroatoms. The van der Waals surface area contributed by atoms with Crippen molar-refractivity contribution in [2.24, 2.45) is 11.8 Å². The minimum atomic E-state index is 0.103. The van der Waals surface area contributed by atoms with Crippen molar-refractivity contribution in [3.63, 3.8) is 0 Å². The molecule has 0 spiro atoms. The second kappa shape index (κ2) is 5.19. The summed E-state index contributed by atoms with van der Waals surface area (Å²) in [5.41, 5.74) is 0.630. The second-order valence-electron chi connectivity index (χ2n) is 5.07. The van der Waals surface area contributed by atoms with Crippen molar-refractivity contribution in [1.82, 2.24) is 4.90 Å². The number of hydrogen-bond acceptors (Lipinski definition) is 2. The summed E-state index contributed by atoms with van der Waals surface area (Å²) in [6, 6.07) is 7.24. The number of benzene rings is 1. The summed E-state index contributed by atoms with van der Waals surface area (Å²) in [6.45, 7) is 3.72. The van der Waals surface area contributed by atoms with E-state index in [1.165, 1.54) is 6.42 Å². The average molecular weight is 252 g/mol. The van der Waals surface area contributed by atoms with Crippen LogP contribution in [0.2, 0.25) is 5.02 Å². The lowest BCUT2D eigenvalue weighted by atomic mass is 10.1. The third-order valence-corrected chi connectivity index (χ3v) is 3.74. The third kappa shape index (κ3) is 3.30. The molecule has 1 aromatic carbocycles. The molecule has 2 rings (SSSR count). The summed E-state index contributed by atoms with van der Waals surface area (Å²) in [5, 5.41) is 0.547. The zero-order valence-electron chi connectivity index (χ0n) is 10.3. The summed E-state index contributed by atoms with van der Waals surface area (Å²) in [6.07, 6.45) is 1.30. The van der Waals surface area contributed by atoms with Crippen LogP contribution in [0.3, 0.4) is 0 Å². The Labute approximate surface area is 108 Å². The standard InChI is InChI=1S/C14H18ClNO/c1-10-7-11(10)8-16(2)9-14(17)12-5-3-4-6-13(12)15/h3-6,10-11H,7-9H2,1-2H3. The van der Waals surface area contributed by atoms with Crippen LogP contribution in [-0.2, 0) is 0 Å². The molecule has 1 fully saturated rings. The van der Waals surface area contributed by atoms with Crippen molar-refractivity contribution in [2.75, 3.05) is 20.1 Å². The summed E-state index contributed by atoms with van der Waals surface area (Å²) in [4.78, 5) is 14.1. The SMILES string of the molecule is CC1CC1CN(C)CC(=O)c1ccccc1Cl. The monoisotopic (exact) mass is 251 g/mol. The van der Waals surface area contributed by atoms with E-state index in [4.69, 9.17) is 11.6 Å². The van der Waals surface area contributed by atoms with Crippen LogP contribution < -0.4 is 0 Å². The van der Waals surface area contributed by atoms with Gasteiger partial charge in [0.05, 0.1) is 11.6 Å². The smallest absolute Gasteiger partial charge is 0.178 e. The fourth-order valence-corrected chi connectivity index (χ4v) is 2.38. The van der Waals surface area contributed by atoms with E-state index in [0.29, 0.717) is 17.1 Å². The minimum Gasteiger partial charge on any atom is -0.299 e. The quantitative estimate of drug-likeness (QED) is 0.750. The largest absolute Gasteiger partial charge is 0.299 e. The molecule has 0 amide bonds. The van der Waals surface area contributed by atoms with Gasteiger partial charge in [0.1, 0.15) is 0 Å². The highest BCUT2D eigenvalue weighted by Gasteiger charge is 2.33. The highest BCUT2D eigenvalue weighted by atomic mass is 35.5. The average Bonchev–Trinajstić information content (AvgIpc) is 2.94. The van der Waals surface area contributed by atoms with Gasteiger partial charge in [0.25, 0.3) is 0 Å². The Hall–Kier alpha value is -0.860. The highest BCUT2D eigenvalue weighted by Crippen LogP contribution is 2.37. The molecule has 17 heavy (non-hydrogen) atoms. The summed E-state index contributed by atoms with van der Waals surface area (Å²) in [5.74, 6) is 1.71. The van der Waals surface area contributed by atoms with Gasteiger partial charge in [-0.2, -0.15) is 0 Å². The molecule has 1 saturated carbocycles. The van der Waals surface area contributed by atoms with E-state index >= 15 is 0 Å². The molecule has 2 unspecified atom stereocenters. The first kappa shape index (κ1) is 12.6. The number of likely N-dealkylation sites (N-methyl/N-ethyl adjacent to an activating group) is 1. The van der Waals surface area contributed by atoms with Crippen molar-refractivity contribution in [3.8, 4) is 0 Å². The predicted molar refractivity (Wildman–Crippen MR) is 70.6 cm³/mol. The van der Waals surface area contributed by atoms with Crippen LogP contribution >= 0.6 is 11.6 Å². The zero-order valence-corrected chi connectivity index (χ0v) is 11.1. The lowest BCUT2D eigenvalue weighted by Crippen LogP contribution is -2.28. The first-order valence-electron chi connectivity index (χ1n) is 6.04. The molecule has 0 saturated heterocycles. The van der Waals surface area contributed by atoms with Crippen molar-refractivity contribution >= 4 is 17.4 Å². The molecular weight excluding hydrogens is 234 g/mol. The minimum absolute atomic E-state index is 0.103. The maximum atomic E-state index is 12.0. The van der Waals surface area contributed by atoms with E-state index in [-0.39, 0.29) is 5.78 Å². The third-order valence-electron chi connectivity index (χ3n) is 3.41. The van der Waals surface area contributed by atoms with Gasteiger partial charge >= 0.3 is 0 Å². The van der Waals surface area contributed by atoms with E-state index in [0.717, 1.165) is 18.4 Å². The highest BCUT2D eigenvalue weighted by molar-refractivity contribution is 6.34. The maximum Gasteiger partial charge on any atom is 0.178 e. The van der Waals surface area contributed by atoms with Crippen LogP contribution in [0, 0.1) is 11.8 Å². The Morgan fingerprint density at radius 1 is 1.47 bits per heavy atom. The molecule has 0 aliphatic heterocycles. The number of rotatable bonds is 5. The van der Waals surface area contributed by atoms with E-state index in [2.05, 4.69) is 11.8 Å². The Bertz CT molecular complexity index is 418. The maximum absolute atomic E-state index is 12.0. The van der Waals surface area contributed by atoms with Gasteiger partial charge in [-0.05, 0) is 37.4 Å². The molecule has 0 N–H and O–H groups in total. The molecule has 0 bridgehead atoms. The van der Waals surface area contributed by atoms with Crippen molar-refractivity contribution in [3.05, 3.63) is 34.9 Å². The molecule has 1 aliphatic carbocycles. The number of halogens is 1. The van der Waals surface area contributed by atoms with Gasteiger partial charge in [0, 0.05) is 12.1 Å². The normalized spacial score (nSPS) is 22.8. The van der Waals surface area contributed by atoms with Crippen LogP contribution in [0.4, 0.5) is 0 Å². The second-order valence-corrected chi connectivity index (χ2v) is 5.48. The summed E-state index contributed by atoms with van der Waals surface area (Å²) < 4.78 is 0. The van der Waals surface area contributed by atoms with Gasteiger partial charge < -0.3 is 0 Å². The molecule has 2 atom stereocenters. The van der Waals surface area contributed by atoms with Crippen LogP contribution in [0.15, 0.2) is 24.3 Å². The number of ketones is 1. The van der Waals surface area contributed by atoms with Crippen molar-refractivity contribution in [2.45, 2.75) is 13.3 Å². The molecule has 92 valence electrons. The van der Waals surface area contributed by atoms with E-state index < -0.39 is 0 Å². The van der Waals surface area contributed by atoms with E-state index in [1.807, 2.05) is 19.2 Å². The van der Waals surface area contributed by atoms with E-state index in [1.54, 1.807) is 12.1 Å². The Morgan fingerprint density at radius 3 is 2.71 bits per heavy atom. The fourth-order valence-electron chi connectivity index (χ4n) is 2.14. The molecule has 2 nitrogen and oxygen atoms in total.